The molecule has 0 unspecified atom stereocenters. The third-order valence-electron chi connectivity index (χ3n) is 6.45. The molecule has 0 atom stereocenters. The quantitative estimate of drug-likeness (QED) is 0.582. The number of rotatable bonds is 8. The van der Waals surface area contributed by atoms with Crippen LogP contribution in [0.25, 0.3) is 11.0 Å². The van der Waals surface area contributed by atoms with E-state index in [0.29, 0.717) is 17.6 Å². The van der Waals surface area contributed by atoms with Gasteiger partial charge in [-0.25, -0.2) is 13.1 Å². The number of sulfonamides is 1. The van der Waals surface area contributed by atoms with E-state index >= 15 is 0 Å². The minimum absolute atomic E-state index is 0.0445. The van der Waals surface area contributed by atoms with E-state index in [-0.39, 0.29) is 22.6 Å². The molecule has 1 aromatic carbocycles. The molecule has 1 fully saturated rings. The Labute approximate surface area is 188 Å². The van der Waals surface area contributed by atoms with Crippen molar-refractivity contribution in [2.24, 2.45) is 11.8 Å². The van der Waals surface area contributed by atoms with Crippen molar-refractivity contribution in [3.63, 3.8) is 0 Å². The maximum atomic E-state index is 12.8. The van der Waals surface area contributed by atoms with Crippen LogP contribution in [-0.4, -0.2) is 36.2 Å². The molecule has 2 N–H and O–H groups in total. The van der Waals surface area contributed by atoms with Gasteiger partial charge in [0.1, 0.15) is 15.9 Å². The van der Waals surface area contributed by atoms with Gasteiger partial charge in [-0.05, 0) is 75.8 Å². The number of hydrogen-bond acceptors (Lipinski definition) is 6. The molecule has 4 rings (SSSR count). The molecule has 2 aliphatic carbocycles. The Morgan fingerprint density at radius 3 is 2.74 bits per heavy atom. The first kappa shape index (κ1) is 22.4. The standard InChI is InChI=1S/C22H30N4O3S2/c27-22(23-14-13-16-5-2-1-3-6-16)18-11-9-17(10-12-18)15-24-31(28,29)20-8-4-7-19-21(20)26-30-25-19/h4-5,7-8,17-18,24H,1-3,6,9-15H2,(H,23,27). The van der Waals surface area contributed by atoms with Gasteiger partial charge in [-0.15, -0.1) is 0 Å². The molecule has 2 aliphatic rings. The van der Waals surface area contributed by atoms with Crippen LogP contribution in [-0.2, 0) is 14.8 Å². The van der Waals surface area contributed by atoms with E-state index in [9.17, 15) is 13.2 Å². The van der Waals surface area contributed by atoms with Crippen molar-refractivity contribution in [3.8, 4) is 0 Å². The molecule has 2 aromatic rings. The van der Waals surface area contributed by atoms with Crippen molar-refractivity contribution in [2.45, 2.75) is 62.7 Å². The van der Waals surface area contributed by atoms with Gasteiger partial charge in [0.05, 0.1) is 11.7 Å². The minimum atomic E-state index is -3.64. The summed E-state index contributed by atoms with van der Waals surface area (Å²) in [5, 5.41) is 3.10. The summed E-state index contributed by atoms with van der Waals surface area (Å²) in [4.78, 5) is 12.7. The second-order valence-corrected chi connectivity index (χ2v) is 10.9. The highest BCUT2D eigenvalue weighted by atomic mass is 32.2. The molecule has 0 aliphatic heterocycles. The highest BCUT2D eigenvalue weighted by Gasteiger charge is 2.28. The second kappa shape index (κ2) is 10.2. The smallest absolute Gasteiger partial charge is 0.242 e. The molecular weight excluding hydrogens is 432 g/mol. The number of amides is 1. The van der Waals surface area contributed by atoms with Crippen LogP contribution in [0.3, 0.4) is 0 Å². The van der Waals surface area contributed by atoms with E-state index < -0.39 is 10.0 Å². The predicted octanol–water partition coefficient (Wildman–Crippen LogP) is 3.78. The summed E-state index contributed by atoms with van der Waals surface area (Å²) in [7, 11) is -3.64. The number of carbonyl (C=O) groups is 1. The highest BCUT2D eigenvalue weighted by molar-refractivity contribution is 7.89. The number of fused-ring (bicyclic) bond motifs is 1. The zero-order chi connectivity index (χ0) is 21.7. The van der Waals surface area contributed by atoms with Gasteiger partial charge in [0.15, 0.2) is 0 Å². The van der Waals surface area contributed by atoms with Crippen LogP contribution < -0.4 is 10.0 Å². The summed E-state index contributed by atoms with van der Waals surface area (Å²) in [6.45, 7) is 1.11. The van der Waals surface area contributed by atoms with Crippen molar-refractivity contribution < 1.29 is 13.2 Å². The first-order valence-corrected chi connectivity index (χ1v) is 13.4. The summed E-state index contributed by atoms with van der Waals surface area (Å²) in [5.41, 5.74) is 2.50. The van der Waals surface area contributed by atoms with E-state index in [1.54, 1.807) is 18.2 Å². The van der Waals surface area contributed by atoms with Crippen LogP contribution in [0, 0.1) is 11.8 Å². The molecule has 1 heterocycles. The van der Waals surface area contributed by atoms with Crippen LogP contribution in [0.15, 0.2) is 34.7 Å². The fourth-order valence-electron chi connectivity index (χ4n) is 4.55. The number of nitrogens with one attached hydrogen (secondary N) is 2. The lowest BCUT2D eigenvalue weighted by atomic mass is 9.81. The molecule has 1 amide bonds. The molecule has 0 radical (unpaired) electrons. The van der Waals surface area contributed by atoms with Crippen molar-refractivity contribution in [3.05, 3.63) is 29.8 Å². The van der Waals surface area contributed by atoms with Gasteiger partial charge in [-0.3, -0.25) is 4.79 Å². The fourth-order valence-corrected chi connectivity index (χ4v) is 6.44. The van der Waals surface area contributed by atoms with Gasteiger partial charge >= 0.3 is 0 Å². The van der Waals surface area contributed by atoms with E-state index in [4.69, 9.17) is 0 Å². The van der Waals surface area contributed by atoms with Gasteiger partial charge in [-0.1, -0.05) is 17.7 Å². The van der Waals surface area contributed by atoms with Gasteiger partial charge in [0.25, 0.3) is 0 Å². The van der Waals surface area contributed by atoms with Crippen LogP contribution in [0.4, 0.5) is 0 Å². The largest absolute Gasteiger partial charge is 0.356 e. The average molecular weight is 463 g/mol. The van der Waals surface area contributed by atoms with Crippen LogP contribution in [0.1, 0.15) is 57.8 Å². The second-order valence-electron chi connectivity index (χ2n) is 8.61. The maximum absolute atomic E-state index is 12.8. The third kappa shape index (κ3) is 5.70. The van der Waals surface area contributed by atoms with Gasteiger partial charge in [-0.2, -0.15) is 8.75 Å². The van der Waals surface area contributed by atoms with E-state index in [1.165, 1.54) is 31.3 Å². The summed E-state index contributed by atoms with van der Waals surface area (Å²) in [6.07, 6.45) is 11.5. The zero-order valence-corrected chi connectivity index (χ0v) is 19.3. The fraction of sp³-hybridized carbons (Fsp3) is 0.591. The minimum Gasteiger partial charge on any atom is -0.356 e. The lowest BCUT2D eigenvalue weighted by Crippen LogP contribution is -2.36. The van der Waals surface area contributed by atoms with E-state index in [0.717, 1.165) is 50.4 Å². The first-order chi connectivity index (χ1) is 15.0. The number of aromatic nitrogens is 2. The Morgan fingerprint density at radius 2 is 1.97 bits per heavy atom. The van der Waals surface area contributed by atoms with Crippen molar-refractivity contribution in [1.82, 2.24) is 18.8 Å². The third-order valence-corrected chi connectivity index (χ3v) is 8.45. The number of hydrogen-bond donors (Lipinski definition) is 2. The van der Waals surface area contributed by atoms with Crippen molar-refractivity contribution >= 4 is 38.7 Å². The summed E-state index contributed by atoms with van der Waals surface area (Å²) in [5.74, 6) is 0.445. The SMILES string of the molecule is O=C(NCCC1=CCCCC1)C1CCC(CNS(=O)(=O)c2cccc3nsnc23)CC1. The molecule has 9 heteroatoms. The lowest BCUT2D eigenvalue weighted by Gasteiger charge is -2.28. The number of carbonyl (C=O) groups excluding carboxylic acids is 1. The topological polar surface area (TPSA) is 101 Å². The summed E-state index contributed by atoms with van der Waals surface area (Å²) >= 11 is 1.01. The molecule has 1 aromatic heterocycles. The molecule has 1 saturated carbocycles. The molecule has 31 heavy (non-hydrogen) atoms. The van der Waals surface area contributed by atoms with Crippen LogP contribution >= 0.6 is 11.7 Å². The Hall–Kier alpha value is -1.84. The molecule has 0 bridgehead atoms. The van der Waals surface area contributed by atoms with Gasteiger partial charge < -0.3 is 5.32 Å². The van der Waals surface area contributed by atoms with Crippen LogP contribution in [0.2, 0.25) is 0 Å². The lowest BCUT2D eigenvalue weighted by molar-refractivity contribution is -0.126. The Balaban J connectivity index is 1.21. The summed E-state index contributed by atoms with van der Waals surface area (Å²) in [6, 6.07) is 5.01. The van der Waals surface area contributed by atoms with Crippen molar-refractivity contribution in [2.75, 3.05) is 13.1 Å². The molecule has 168 valence electrons. The number of nitrogens with zero attached hydrogens (tertiary/aromatic N) is 2. The zero-order valence-electron chi connectivity index (χ0n) is 17.7. The van der Waals surface area contributed by atoms with Crippen LogP contribution in [0.5, 0.6) is 0 Å². The van der Waals surface area contributed by atoms with Gasteiger partial charge in [0.2, 0.25) is 15.9 Å². The first-order valence-electron chi connectivity index (χ1n) is 11.2. The average Bonchev–Trinajstić information content (AvgIpc) is 3.28. The normalized spacial score (nSPS) is 22.3. The maximum Gasteiger partial charge on any atom is 0.242 e. The van der Waals surface area contributed by atoms with E-state index in [2.05, 4.69) is 24.9 Å². The number of benzene rings is 1. The van der Waals surface area contributed by atoms with E-state index in [1.807, 2.05) is 0 Å². The van der Waals surface area contributed by atoms with Crippen molar-refractivity contribution in [1.29, 1.82) is 0 Å². The molecule has 0 saturated heterocycles. The monoisotopic (exact) mass is 462 g/mol. The predicted molar refractivity (Wildman–Crippen MR) is 122 cm³/mol. The number of allylic oxidation sites excluding steroid dienone is 1. The Bertz CT molecular complexity index is 1040. The highest BCUT2D eigenvalue weighted by Crippen LogP contribution is 2.29. The molecule has 7 nitrogen and oxygen atoms in total. The Morgan fingerprint density at radius 1 is 1.13 bits per heavy atom. The molecule has 0 spiro atoms. The molecular formula is C22H30N4O3S2. The summed E-state index contributed by atoms with van der Waals surface area (Å²) < 4.78 is 36.5. The Kier molecular flexibility index (Phi) is 7.35. The van der Waals surface area contributed by atoms with Gasteiger partial charge in [0, 0.05) is 19.0 Å².